The van der Waals surface area contributed by atoms with Gasteiger partial charge in [0.25, 0.3) is 5.78 Å². The van der Waals surface area contributed by atoms with Gasteiger partial charge in [0, 0.05) is 13.5 Å². The number of rotatable bonds is 6. The molecule has 1 heterocycles. The van der Waals surface area contributed by atoms with Gasteiger partial charge in [0.2, 0.25) is 0 Å². The summed E-state index contributed by atoms with van der Waals surface area (Å²) in [6.07, 6.45) is -0.673. The zero-order valence-electron chi connectivity index (χ0n) is 14.9. The van der Waals surface area contributed by atoms with Gasteiger partial charge in [-0.1, -0.05) is 19.6 Å². The molecule has 0 aliphatic rings. The van der Waals surface area contributed by atoms with Gasteiger partial charge in [0.05, 0.1) is 6.61 Å². The van der Waals surface area contributed by atoms with Crippen LogP contribution in [-0.4, -0.2) is 43.1 Å². The number of hydrogen-bond acceptors (Lipinski definition) is 7. The molecule has 0 unspecified atom stereocenters. The molecule has 0 bridgehead atoms. The molecule has 1 N–H and O–H groups in total. The van der Waals surface area contributed by atoms with Crippen molar-refractivity contribution in [1.29, 1.82) is 0 Å². The zero-order chi connectivity index (χ0) is 18.5. The van der Waals surface area contributed by atoms with Crippen LogP contribution < -0.4 is 5.32 Å². The Hall–Kier alpha value is -1.74. The first-order chi connectivity index (χ1) is 10.9. The number of anilines is 1. The second-order valence-electron chi connectivity index (χ2n) is 7.44. The van der Waals surface area contributed by atoms with Crippen molar-refractivity contribution in [3.8, 4) is 0 Å². The second-order valence-corrected chi connectivity index (χ2v) is 13.9. The number of hydrogen-bond donors (Lipinski definition) is 1. The van der Waals surface area contributed by atoms with E-state index in [4.69, 9.17) is 9.47 Å². The molecule has 0 aliphatic heterocycles. The number of aromatic nitrogens is 1. The molecule has 9 heteroatoms. The van der Waals surface area contributed by atoms with Crippen LogP contribution in [0.15, 0.2) is 5.38 Å². The molecule has 1 amide bonds. The number of carbonyl (C=O) groups excluding carboxylic acids is 3. The summed E-state index contributed by atoms with van der Waals surface area (Å²) in [5.74, 6) is -1.75. The zero-order valence-corrected chi connectivity index (χ0v) is 16.7. The third-order valence-electron chi connectivity index (χ3n) is 2.62. The normalized spacial score (nSPS) is 11.8. The minimum atomic E-state index is -1.34. The van der Waals surface area contributed by atoms with E-state index in [0.29, 0.717) is 0 Å². The summed E-state index contributed by atoms with van der Waals surface area (Å²) in [4.78, 5) is 39.3. The van der Waals surface area contributed by atoms with Crippen LogP contribution in [0.25, 0.3) is 0 Å². The first kappa shape index (κ1) is 20.3. The summed E-state index contributed by atoms with van der Waals surface area (Å²) < 4.78 is 10.1. The van der Waals surface area contributed by atoms with Gasteiger partial charge in [-0.25, -0.2) is 14.6 Å². The minimum Gasteiger partial charge on any atom is -0.460 e. The summed E-state index contributed by atoms with van der Waals surface area (Å²) in [6.45, 7) is 11.9. The predicted molar refractivity (Wildman–Crippen MR) is 95.4 cm³/mol. The fraction of sp³-hybridized carbons (Fsp3) is 0.600. The van der Waals surface area contributed by atoms with Crippen LogP contribution in [0.1, 0.15) is 31.3 Å². The van der Waals surface area contributed by atoms with Crippen LogP contribution in [0.2, 0.25) is 25.7 Å². The molecular weight excluding hydrogens is 348 g/mol. The Morgan fingerprint density at radius 2 is 1.88 bits per heavy atom. The molecule has 0 aromatic carbocycles. The lowest BCUT2D eigenvalue weighted by Crippen LogP contribution is -2.27. The summed E-state index contributed by atoms with van der Waals surface area (Å²) in [7, 11) is -1.34. The van der Waals surface area contributed by atoms with E-state index in [1.54, 1.807) is 20.8 Å². The quantitative estimate of drug-likeness (QED) is 0.355. The van der Waals surface area contributed by atoms with Crippen molar-refractivity contribution in [2.75, 3.05) is 11.9 Å². The molecule has 7 nitrogen and oxygen atoms in total. The number of nitrogens with zero attached hydrogens (tertiary/aromatic N) is 1. The molecule has 0 saturated heterocycles. The highest BCUT2D eigenvalue weighted by molar-refractivity contribution is 7.14. The molecule has 134 valence electrons. The van der Waals surface area contributed by atoms with Gasteiger partial charge < -0.3 is 9.47 Å². The summed E-state index contributed by atoms with van der Waals surface area (Å²) in [5.41, 5.74) is -0.691. The minimum absolute atomic E-state index is 0.0518. The average molecular weight is 373 g/mol. The molecule has 1 rings (SSSR count). The van der Waals surface area contributed by atoms with Crippen molar-refractivity contribution >= 4 is 42.4 Å². The Morgan fingerprint density at radius 1 is 1.25 bits per heavy atom. The van der Waals surface area contributed by atoms with Crippen molar-refractivity contribution in [2.24, 2.45) is 0 Å². The number of nitrogens with one attached hydrogen (secondary N) is 1. The number of ketones is 1. The summed E-state index contributed by atoms with van der Waals surface area (Å²) in [5, 5.41) is 4.00. The van der Waals surface area contributed by atoms with Crippen molar-refractivity contribution in [3.05, 3.63) is 11.1 Å². The van der Waals surface area contributed by atoms with Gasteiger partial charge >= 0.3 is 12.1 Å². The number of Topliss-reactive ketones (excluding diaryl/α,β-unsaturated/α-hetero) is 1. The smallest absolute Gasteiger partial charge is 0.413 e. The third kappa shape index (κ3) is 7.69. The number of thiazole rings is 1. The lowest BCUT2D eigenvalue weighted by Gasteiger charge is -2.18. The largest absolute Gasteiger partial charge is 0.460 e. The first-order valence-corrected chi connectivity index (χ1v) is 12.1. The van der Waals surface area contributed by atoms with E-state index in [-0.39, 0.29) is 17.4 Å². The van der Waals surface area contributed by atoms with Crippen LogP contribution in [0.5, 0.6) is 0 Å². The third-order valence-corrected chi connectivity index (χ3v) is 5.08. The molecule has 24 heavy (non-hydrogen) atoms. The van der Waals surface area contributed by atoms with E-state index >= 15 is 0 Å². The highest BCUT2D eigenvalue weighted by Crippen LogP contribution is 2.18. The highest BCUT2D eigenvalue weighted by Gasteiger charge is 2.23. The van der Waals surface area contributed by atoms with E-state index in [9.17, 15) is 14.4 Å². The van der Waals surface area contributed by atoms with E-state index in [1.807, 2.05) is 0 Å². The first-order valence-electron chi connectivity index (χ1n) is 7.54. The highest BCUT2D eigenvalue weighted by atomic mass is 32.1. The average Bonchev–Trinajstić information content (AvgIpc) is 2.82. The Balaban J connectivity index is 2.56. The number of esters is 1. The maximum Gasteiger partial charge on any atom is 0.413 e. The Labute approximate surface area is 146 Å². The maximum absolute atomic E-state index is 12.0. The predicted octanol–water partition coefficient (Wildman–Crippen LogP) is 3.55. The molecule has 0 radical (unpaired) electrons. The van der Waals surface area contributed by atoms with Gasteiger partial charge in [-0.2, -0.15) is 0 Å². The van der Waals surface area contributed by atoms with E-state index in [2.05, 4.69) is 29.9 Å². The number of ether oxygens (including phenoxy) is 2. The monoisotopic (exact) mass is 372 g/mol. The molecule has 1 aromatic rings. The van der Waals surface area contributed by atoms with Gasteiger partial charge in [-0.15, -0.1) is 11.3 Å². The number of amides is 1. The summed E-state index contributed by atoms with van der Waals surface area (Å²) >= 11 is 1.03. The van der Waals surface area contributed by atoms with Crippen LogP contribution in [0, 0.1) is 0 Å². The standard InChI is InChI=1S/C15H24N2O5SSi/c1-15(2,3)22-14(20)17-13-16-10(9-23-13)11(18)12(19)21-7-8-24(4,5)6/h9H,7-8H2,1-6H3,(H,16,17,20). The van der Waals surface area contributed by atoms with Crippen molar-refractivity contribution in [1.82, 2.24) is 4.98 Å². The topological polar surface area (TPSA) is 94.6 Å². The van der Waals surface area contributed by atoms with Crippen LogP contribution in [0.3, 0.4) is 0 Å². The molecule has 1 aromatic heterocycles. The van der Waals surface area contributed by atoms with Crippen molar-refractivity contribution in [2.45, 2.75) is 52.1 Å². The molecule has 0 fully saturated rings. The molecule has 0 spiro atoms. The summed E-state index contributed by atoms with van der Waals surface area (Å²) in [6, 6.07) is 0.786. The van der Waals surface area contributed by atoms with Crippen LogP contribution in [-0.2, 0) is 14.3 Å². The Kier molecular flexibility index (Phi) is 6.67. The number of carbonyl (C=O) groups is 3. The van der Waals surface area contributed by atoms with Gasteiger partial charge in [-0.05, 0) is 26.8 Å². The SMILES string of the molecule is CC(C)(C)OC(=O)Nc1nc(C(=O)C(=O)OCC[Si](C)(C)C)cs1. The van der Waals surface area contributed by atoms with E-state index in [1.165, 1.54) is 5.38 Å². The lowest BCUT2D eigenvalue weighted by molar-refractivity contribution is -0.137. The van der Waals surface area contributed by atoms with Gasteiger partial charge in [0.15, 0.2) is 5.13 Å². The fourth-order valence-electron chi connectivity index (χ4n) is 1.45. The molecule has 0 aliphatic carbocycles. The Morgan fingerprint density at radius 3 is 2.42 bits per heavy atom. The molecule has 0 atom stereocenters. The molecule has 0 saturated carbocycles. The fourth-order valence-corrected chi connectivity index (χ4v) is 2.84. The van der Waals surface area contributed by atoms with E-state index in [0.717, 1.165) is 17.4 Å². The maximum atomic E-state index is 12.0. The van der Waals surface area contributed by atoms with Crippen molar-refractivity contribution < 1.29 is 23.9 Å². The van der Waals surface area contributed by atoms with Gasteiger partial charge in [-0.3, -0.25) is 10.1 Å². The lowest BCUT2D eigenvalue weighted by atomic mass is 10.2. The van der Waals surface area contributed by atoms with Crippen LogP contribution >= 0.6 is 11.3 Å². The van der Waals surface area contributed by atoms with E-state index < -0.39 is 31.5 Å². The van der Waals surface area contributed by atoms with Crippen LogP contribution in [0.4, 0.5) is 9.93 Å². The Bertz CT molecular complexity index is 616. The van der Waals surface area contributed by atoms with Gasteiger partial charge in [0.1, 0.15) is 11.3 Å². The second kappa shape index (κ2) is 7.89. The molecular formula is C15H24N2O5SSi. The van der Waals surface area contributed by atoms with Crippen molar-refractivity contribution in [3.63, 3.8) is 0 Å².